The third kappa shape index (κ3) is 5.82. The first-order chi connectivity index (χ1) is 9.89. The van der Waals surface area contributed by atoms with E-state index in [1.807, 2.05) is 6.92 Å². The molecule has 0 radical (unpaired) electrons. The average Bonchev–Trinajstić information content (AvgIpc) is 2.45. The van der Waals surface area contributed by atoms with E-state index in [9.17, 15) is 13.2 Å². The summed E-state index contributed by atoms with van der Waals surface area (Å²) in [4.78, 5) is 11.3. The Labute approximate surface area is 125 Å². The molecule has 0 heterocycles. The molecule has 0 saturated carbocycles. The van der Waals surface area contributed by atoms with Crippen molar-refractivity contribution in [2.24, 2.45) is 0 Å². The third-order valence-electron chi connectivity index (χ3n) is 2.74. The molecule has 1 N–H and O–H groups in total. The smallest absolute Gasteiger partial charge is 0.309 e. The van der Waals surface area contributed by atoms with Crippen LogP contribution in [0.1, 0.15) is 19.4 Å². The summed E-state index contributed by atoms with van der Waals surface area (Å²) >= 11 is 0. The molecule has 0 aliphatic heterocycles. The standard InChI is InChI=1S/C14H21NO5S/c1-4-20-10-11(2)15-21(17,18)13-7-5-12(6-8-13)9-14(16)19-3/h5-8,11,15H,4,9-10H2,1-3H3. The zero-order chi connectivity index (χ0) is 15.9. The molecule has 0 fully saturated rings. The van der Waals surface area contributed by atoms with E-state index in [0.29, 0.717) is 18.8 Å². The van der Waals surface area contributed by atoms with Crippen molar-refractivity contribution in [1.29, 1.82) is 0 Å². The lowest BCUT2D eigenvalue weighted by Gasteiger charge is -2.14. The number of ether oxygens (including phenoxy) is 2. The van der Waals surface area contributed by atoms with E-state index in [0.717, 1.165) is 0 Å². The highest BCUT2D eigenvalue weighted by Crippen LogP contribution is 2.12. The number of rotatable bonds is 8. The zero-order valence-electron chi connectivity index (χ0n) is 12.5. The van der Waals surface area contributed by atoms with Gasteiger partial charge >= 0.3 is 5.97 Å². The van der Waals surface area contributed by atoms with Gasteiger partial charge in [0.1, 0.15) is 0 Å². The summed E-state index contributed by atoms with van der Waals surface area (Å²) in [6.07, 6.45) is 0.116. The van der Waals surface area contributed by atoms with Crippen LogP contribution >= 0.6 is 0 Å². The number of hydrogen-bond acceptors (Lipinski definition) is 5. The molecular weight excluding hydrogens is 294 g/mol. The van der Waals surface area contributed by atoms with E-state index in [4.69, 9.17) is 4.74 Å². The van der Waals surface area contributed by atoms with Crippen molar-refractivity contribution < 1.29 is 22.7 Å². The number of nitrogens with one attached hydrogen (secondary N) is 1. The summed E-state index contributed by atoms with van der Waals surface area (Å²) < 4.78 is 36.5. The predicted molar refractivity (Wildman–Crippen MR) is 78.4 cm³/mol. The van der Waals surface area contributed by atoms with Crippen molar-refractivity contribution in [3.63, 3.8) is 0 Å². The first kappa shape index (κ1) is 17.6. The Kier molecular flexibility index (Phi) is 6.80. The monoisotopic (exact) mass is 315 g/mol. The van der Waals surface area contributed by atoms with Crippen LogP contribution in [0.2, 0.25) is 0 Å². The lowest BCUT2D eigenvalue weighted by Crippen LogP contribution is -2.35. The number of benzene rings is 1. The van der Waals surface area contributed by atoms with E-state index < -0.39 is 10.0 Å². The van der Waals surface area contributed by atoms with Crippen LogP contribution in [0.3, 0.4) is 0 Å². The Bertz CT molecular complexity index is 553. The Morgan fingerprint density at radius 2 is 1.90 bits per heavy atom. The van der Waals surface area contributed by atoms with Gasteiger partial charge in [-0.25, -0.2) is 13.1 Å². The molecule has 1 unspecified atom stereocenters. The fourth-order valence-corrected chi connectivity index (χ4v) is 2.92. The maximum absolute atomic E-state index is 12.1. The van der Waals surface area contributed by atoms with E-state index in [-0.39, 0.29) is 23.3 Å². The molecule has 1 aromatic rings. The van der Waals surface area contributed by atoms with Crippen LogP contribution in [-0.4, -0.2) is 40.8 Å². The molecule has 1 atom stereocenters. The van der Waals surface area contributed by atoms with Gasteiger partial charge in [-0.05, 0) is 31.5 Å². The van der Waals surface area contributed by atoms with Gasteiger partial charge in [-0.3, -0.25) is 4.79 Å². The quantitative estimate of drug-likeness (QED) is 0.727. The molecule has 6 nitrogen and oxygen atoms in total. The van der Waals surface area contributed by atoms with E-state index in [2.05, 4.69) is 9.46 Å². The molecule has 0 saturated heterocycles. The highest BCUT2D eigenvalue weighted by molar-refractivity contribution is 7.89. The van der Waals surface area contributed by atoms with E-state index >= 15 is 0 Å². The van der Waals surface area contributed by atoms with Gasteiger partial charge in [-0.2, -0.15) is 0 Å². The number of carbonyl (C=O) groups is 1. The minimum atomic E-state index is -3.59. The zero-order valence-corrected chi connectivity index (χ0v) is 13.3. The maximum atomic E-state index is 12.1. The average molecular weight is 315 g/mol. The number of esters is 1. The van der Waals surface area contributed by atoms with Crippen LogP contribution in [0.5, 0.6) is 0 Å². The lowest BCUT2D eigenvalue weighted by molar-refractivity contribution is -0.139. The van der Waals surface area contributed by atoms with Gasteiger partial charge in [0.15, 0.2) is 0 Å². The molecule has 1 rings (SSSR count). The highest BCUT2D eigenvalue weighted by atomic mass is 32.2. The van der Waals surface area contributed by atoms with Gasteiger partial charge in [0, 0.05) is 12.6 Å². The molecule has 7 heteroatoms. The summed E-state index contributed by atoms with van der Waals surface area (Å²) in [6, 6.07) is 5.81. The normalized spacial score (nSPS) is 12.9. The van der Waals surface area contributed by atoms with Crippen molar-refractivity contribution in [1.82, 2.24) is 4.72 Å². The topological polar surface area (TPSA) is 81.7 Å². The Morgan fingerprint density at radius 1 is 1.29 bits per heavy atom. The van der Waals surface area contributed by atoms with Gasteiger partial charge in [0.05, 0.1) is 25.0 Å². The minimum absolute atomic E-state index is 0.116. The molecule has 0 aliphatic rings. The summed E-state index contributed by atoms with van der Waals surface area (Å²) in [5.74, 6) is -0.367. The van der Waals surface area contributed by atoms with Crippen LogP contribution in [0, 0.1) is 0 Å². The van der Waals surface area contributed by atoms with Crippen LogP contribution in [0.15, 0.2) is 29.2 Å². The molecular formula is C14H21NO5S. The summed E-state index contributed by atoms with van der Waals surface area (Å²) in [5.41, 5.74) is 0.697. The van der Waals surface area contributed by atoms with Crippen LogP contribution in [-0.2, 0) is 30.7 Å². The van der Waals surface area contributed by atoms with Crippen molar-refractivity contribution in [2.45, 2.75) is 31.2 Å². The molecule has 0 spiro atoms. The Hall–Kier alpha value is -1.44. The molecule has 0 amide bonds. The van der Waals surface area contributed by atoms with Crippen LogP contribution in [0.25, 0.3) is 0 Å². The van der Waals surface area contributed by atoms with Gasteiger partial charge in [-0.15, -0.1) is 0 Å². The Balaban J connectivity index is 2.73. The second kappa shape index (κ2) is 8.11. The molecule has 0 aliphatic carbocycles. The largest absolute Gasteiger partial charge is 0.469 e. The number of methoxy groups -OCH3 is 1. The van der Waals surface area contributed by atoms with Crippen LogP contribution < -0.4 is 4.72 Å². The lowest BCUT2D eigenvalue weighted by atomic mass is 10.2. The highest BCUT2D eigenvalue weighted by Gasteiger charge is 2.17. The molecule has 118 valence electrons. The summed E-state index contributed by atoms with van der Waals surface area (Å²) in [6.45, 7) is 4.44. The molecule has 0 aromatic heterocycles. The first-order valence-electron chi connectivity index (χ1n) is 6.65. The second-order valence-corrected chi connectivity index (χ2v) is 6.29. The van der Waals surface area contributed by atoms with Gasteiger partial charge in [0.2, 0.25) is 10.0 Å². The number of carbonyl (C=O) groups excluding carboxylic acids is 1. The fraction of sp³-hybridized carbons (Fsp3) is 0.500. The fourth-order valence-electron chi connectivity index (χ4n) is 1.69. The minimum Gasteiger partial charge on any atom is -0.469 e. The Morgan fingerprint density at radius 3 is 2.43 bits per heavy atom. The summed E-state index contributed by atoms with van der Waals surface area (Å²) in [7, 11) is -2.28. The van der Waals surface area contributed by atoms with E-state index in [1.54, 1.807) is 19.1 Å². The third-order valence-corrected chi connectivity index (χ3v) is 4.34. The number of sulfonamides is 1. The van der Waals surface area contributed by atoms with E-state index in [1.165, 1.54) is 19.2 Å². The van der Waals surface area contributed by atoms with Crippen molar-refractivity contribution in [2.75, 3.05) is 20.3 Å². The van der Waals surface area contributed by atoms with Gasteiger partial charge in [-0.1, -0.05) is 12.1 Å². The van der Waals surface area contributed by atoms with Crippen LogP contribution in [0.4, 0.5) is 0 Å². The predicted octanol–water partition coefficient (Wildman–Crippen LogP) is 1.11. The van der Waals surface area contributed by atoms with Crippen molar-refractivity contribution >= 4 is 16.0 Å². The molecule has 21 heavy (non-hydrogen) atoms. The molecule has 1 aromatic carbocycles. The molecule has 0 bridgehead atoms. The number of hydrogen-bond donors (Lipinski definition) is 1. The van der Waals surface area contributed by atoms with Crippen molar-refractivity contribution in [3.05, 3.63) is 29.8 Å². The maximum Gasteiger partial charge on any atom is 0.309 e. The van der Waals surface area contributed by atoms with Crippen molar-refractivity contribution in [3.8, 4) is 0 Å². The second-order valence-electron chi connectivity index (χ2n) is 4.58. The summed E-state index contributed by atoms with van der Waals surface area (Å²) in [5, 5.41) is 0. The van der Waals surface area contributed by atoms with Gasteiger partial charge < -0.3 is 9.47 Å². The first-order valence-corrected chi connectivity index (χ1v) is 8.13. The van der Waals surface area contributed by atoms with Gasteiger partial charge in [0.25, 0.3) is 0 Å². The SMILES string of the molecule is CCOCC(C)NS(=O)(=O)c1ccc(CC(=O)OC)cc1.